The molecule has 6 nitrogen and oxygen atoms in total. The van der Waals surface area contributed by atoms with Gasteiger partial charge >= 0.3 is 17.9 Å². The van der Waals surface area contributed by atoms with E-state index in [2.05, 4.69) is 118 Å². The normalized spacial score (nSPS) is 12.9. The summed E-state index contributed by atoms with van der Waals surface area (Å²) in [6, 6.07) is 0. The van der Waals surface area contributed by atoms with Gasteiger partial charge in [-0.3, -0.25) is 14.4 Å². The SMILES string of the molecule is CC\C=C/C=C\C=C/CCCCCCCC(=O)OCC(COC(=O)CCCCCCCCC/C=C\C/C=C\CCCCC)OC(=O)CCCCCCCC/C=C\C/C=C\C/C=C\CC. The van der Waals surface area contributed by atoms with Crippen LogP contribution in [0.2, 0.25) is 0 Å². The van der Waals surface area contributed by atoms with Crippen LogP contribution >= 0.6 is 0 Å². The topological polar surface area (TPSA) is 78.9 Å². The van der Waals surface area contributed by atoms with Gasteiger partial charge in [-0.1, -0.05) is 208 Å². The molecule has 0 aromatic heterocycles. The number of unbranched alkanes of at least 4 members (excludes halogenated alkanes) is 21. The Morgan fingerprint density at radius 3 is 1.12 bits per heavy atom. The first-order chi connectivity index (χ1) is 31.5. The van der Waals surface area contributed by atoms with Crippen molar-refractivity contribution in [3.8, 4) is 0 Å². The fourth-order valence-corrected chi connectivity index (χ4v) is 6.96. The van der Waals surface area contributed by atoms with E-state index in [4.69, 9.17) is 14.2 Å². The van der Waals surface area contributed by atoms with Crippen molar-refractivity contribution in [3.05, 3.63) is 97.2 Å². The third kappa shape index (κ3) is 49.3. The van der Waals surface area contributed by atoms with Gasteiger partial charge in [0.25, 0.3) is 0 Å². The fraction of sp³-hybridized carbons (Fsp3) is 0.672. The molecule has 0 aromatic rings. The van der Waals surface area contributed by atoms with Crippen LogP contribution in [0, 0.1) is 0 Å². The summed E-state index contributed by atoms with van der Waals surface area (Å²) in [6.45, 7) is 6.33. The van der Waals surface area contributed by atoms with Gasteiger partial charge in [0.15, 0.2) is 6.10 Å². The number of carbonyl (C=O) groups is 3. The molecular formula is C58H96O6. The molecule has 0 N–H and O–H groups in total. The molecule has 0 heterocycles. The van der Waals surface area contributed by atoms with Crippen LogP contribution in [0.5, 0.6) is 0 Å². The molecule has 0 aliphatic rings. The molecule has 364 valence electrons. The summed E-state index contributed by atoms with van der Waals surface area (Å²) in [5.74, 6) is -0.938. The molecule has 0 saturated heterocycles. The van der Waals surface area contributed by atoms with Crippen LogP contribution in [0.4, 0.5) is 0 Å². The highest BCUT2D eigenvalue weighted by molar-refractivity contribution is 5.71. The lowest BCUT2D eigenvalue weighted by atomic mass is 10.1. The van der Waals surface area contributed by atoms with Gasteiger partial charge in [-0.15, -0.1) is 0 Å². The van der Waals surface area contributed by atoms with Crippen molar-refractivity contribution < 1.29 is 28.6 Å². The van der Waals surface area contributed by atoms with Crippen LogP contribution in [0.15, 0.2) is 97.2 Å². The molecular weight excluding hydrogens is 793 g/mol. The predicted octanol–water partition coefficient (Wildman–Crippen LogP) is 17.4. The lowest BCUT2D eigenvalue weighted by Crippen LogP contribution is -2.30. The van der Waals surface area contributed by atoms with E-state index in [9.17, 15) is 14.4 Å². The minimum atomic E-state index is -0.797. The molecule has 0 bridgehead atoms. The van der Waals surface area contributed by atoms with Gasteiger partial charge in [0.2, 0.25) is 0 Å². The first-order valence-corrected chi connectivity index (χ1v) is 26.3. The second-order valence-corrected chi connectivity index (χ2v) is 17.1. The van der Waals surface area contributed by atoms with E-state index in [0.29, 0.717) is 19.3 Å². The molecule has 0 saturated carbocycles. The molecule has 0 radical (unpaired) electrons. The third-order valence-electron chi connectivity index (χ3n) is 10.9. The average Bonchev–Trinajstić information content (AvgIpc) is 3.29. The Balaban J connectivity index is 4.45. The number of rotatable bonds is 46. The Morgan fingerprint density at radius 1 is 0.344 bits per heavy atom. The minimum absolute atomic E-state index is 0.0950. The van der Waals surface area contributed by atoms with Gasteiger partial charge in [-0.05, 0) is 103 Å². The van der Waals surface area contributed by atoms with E-state index in [1.54, 1.807) is 0 Å². The van der Waals surface area contributed by atoms with Crippen LogP contribution in [0.3, 0.4) is 0 Å². The second-order valence-electron chi connectivity index (χ2n) is 17.1. The van der Waals surface area contributed by atoms with Crippen molar-refractivity contribution in [2.24, 2.45) is 0 Å². The molecule has 0 amide bonds. The average molecular weight is 889 g/mol. The first kappa shape index (κ1) is 60.3. The molecule has 0 spiro atoms. The minimum Gasteiger partial charge on any atom is -0.462 e. The molecule has 1 unspecified atom stereocenters. The molecule has 6 heteroatoms. The molecule has 0 fully saturated rings. The molecule has 0 aromatic carbocycles. The maximum atomic E-state index is 12.8. The quantitative estimate of drug-likeness (QED) is 0.0199. The first-order valence-electron chi connectivity index (χ1n) is 26.3. The van der Waals surface area contributed by atoms with Gasteiger partial charge in [0.1, 0.15) is 13.2 Å². The summed E-state index contributed by atoms with van der Waals surface area (Å²) in [4.78, 5) is 38.0. The van der Waals surface area contributed by atoms with Crippen LogP contribution in [-0.4, -0.2) is 37.2 Å². The van der Waals surface area contributed by atoms with Crippen molar-refractivity contribution in [2.45, 2.75) is 239 Å². The fourth-order valence-electron chi connectivity index (χ4n) is 6.96. The number of carbonyl (C=O) groups excluding carboxylic acids is 3. The zero-order valence-corrected chi connectivity index (χ0v) is 41.5. The maximum Gasteiger partial charge on any atom is 0.306 e. The molecule has 0 aliphatic heterocycles. The summed E-state index contributed by atoms with van der Waals surface area (Å²) >= 11 is 0. The molecule has 64 heavy (non-hydrogen) atoms. The highest BCUT2D eigenvalue weighted by atomic mass is 16.6. The highest BCUT2D eigenvalue weighted by Crippen LogP contribution is 2.14. The van der Waals surface area contributed by atoms with Gasteiger partial charge in [0.05, 0.1) is 0 Å². The van der Waals surface area contributed by atoms with Gasteiger partial charge in [-0.25, -0.2) is 0 Å². The van der Waals surface area contributed by atoms with Crippen LogP contribution in [0.25, 0.3) is 0 Å². The Bertz CT molecular complexity index is 1300. The van der Waals surface area contributed by atoms with Gasteiger partial charge < -0.3 is 14.2 Å². The summed E-state index contributed by atoms with van der Waals surface area (Å²) in [6.07, 6.45) is 68.1. The zero-order valence-electron chi connectivity index (χ0n) is 41.5. The maximum absolute atomic E-state index is 12.8. The van der Waals surface area contributed by atoms with Crippen LogP contribution < -0.4 is 0 Å². The lowest BCUT2D eigenvalue weighted by molar-refractivity contribution is -0.167. The summed E-state index contributed by atoms with van der Waals surface area (Å²) in [7, 11) is 0. The van der Waals surface area contributed by atoms with E-state index in [-0.39, 0.29) is 31.1 Å². The largest absolute Gasteiger partial charge is 0.462 e. The number of esters is 3. The Kier molecular flexibility index (Phi) is 49.0. The van der Waals surface area contributed by atoms with Crippen molar-refractivity contribution in [3.63, 3.8) is 0 Å². The Labute approximate surface area is 394 Å². The van der Waals surface area contributed by atoms with Gasteiger partial charge in [-0.2, -0.15) is 0 Å². The van der Waals surface area contributed by atoms with E-state index in [0.717, 1.165) is 128 Å². The smallest absolute Gasteiger partial charge is 0.306 e. The van der Waals surface area contributed by atoms with E-state index in [1.807, 2.05) is 0 Å². The molecule has 1 atom stereocenters. The van der Waals surface area contributed by atoms with Crippen molar-refractivity contribution in [1.82, 2.24) is 0 Å². The van der Waals surface area contributed by atoms with Crippen LogP contribution in [0.1, 0.15) is 233 Å². The highest BCUT2D eigenvalue weighted by Gasteiger charge is 2.19. The van der Waals surface area contributed by atoms with Crippen molar-refractivity contribution in [1.29, 1.82) is 0 Å². The third-order valence-corrected chi connectivity index (χ3v) is 10.9. The zero-order chi connectivity index (χ0) is 46.5. The summed E-state index contributed by atoms with van der Waals surface area (Å²) < 4.78 is 16.8. The standard InChI is InChI=1S/C58H96O6/c1-4-7-10-13-16-19-22-25-27-29-31-33-36-39-42-45-48-51-57(60)63-54-55(53-62-56(59)50-47-44-41-38-35-32-24-21-18-15-12-9-6-3)64-58(61)52-49-46-43-40-37-34-30-28-26-23-20-17-14-11-8-5-2/h8-9,11-12,15-21,24-28,55H,4-7,10,13-14,22-23,29-54H2,1-3H3/b11-8-,12-9-,18-15-,19-16-,20-17-,24-21-,27-25-,28-26-. The number of hydrogen-bond donors (Lipinski definition) is 0. The van der Waals surface area contributed by atoms with Gasteiger partial charge in [0, 0.05) is 19.3 Å². The monoisotopic (exact) mass is 889 g/mol. The predicted molar refractivity (Wildman–Crippen MR) is 274 cm³/mol. The van der Waals surface area contributed by atoms with Crippen molar-refractivity contribution in [2.75, 3.05) is 13.2 Å². The second kappa shape index (κ2) is 52.0. The van der Waals surface area contributed by atoms with Crippen molar-refractivity contribution >= 4 is 17.9 Å². The summed E-state index contributed by atoms with van der Waals surface area (Å²) in [5, 5.41) is 0. The molecule has 0 rings (SSSR count). The Hall–Kier alpha value is -3.67. The number of allylic oxidation sites excluding steroid dienone is 16. The van der Waals surface area contributed by atoms with Crippen LogP contribution in [-0.2, 0) is 28.6 Å². The lowest BCUT2D eigenvalue weighted by Gasteiger charge is -2.18. The summed E-state index contributed by atoms with van der Waals surface area (Å²) in [5.41, 5.74) is 0. The molecule has 0 aliphatic carbocycles. The number of ether oxygens (including phenoxy) is 3. The van der Waals surface area contributed by atoms with E-state index in [1.165, 1.54) is 64.2 Å². The van der Waals surface area contributed by atoms with E-state index < -0.39 is 6.10 Å². The number of hydrogen-bond acceptors (Lipinski definition) is 6. The van der Waals surface area contributed by atoms with E-state index >= 15 is 0 Å². The Morgan fingerprint density at radius 2 is 0.688 bits per heavy atom.